The highest BCUT2D eigenvalue weighted by atomic mass is 35.5. The molecular weight excluding hydrogens is 398 g/mol. The number of rotatable bonds is 8. The summed E-state index contributed by atoms with van der Waals surface area (Å²) in [6, 6.07) is 6.33. The highest BCUT2D eigenvalue weighted by molar-refractivity contribution is 6.31. The van der Waals surface area contributed by atoms with Gasteiger partial charge in [0.1, 0.15) is 11.6 Å². The molecule has 2 rings (SSSR count). The molecule has 8 heteroatoms. The van der Waals surface area contributed by atoms with Gasteiger partial charge < -0.3 is 9.80 Å². The third-order valence-electron chi connectivity index (χ3n) is 3.85. The van der Waals surface area contributed by atoms with E-state index >= 15 is 0 Å². The molecule has 0 aliphatic heterocycles. The van der Waals surface area contributed by atoms with Gasteiger partial charge in [0.25, 0.3) is 0 Å². The number of allylic oxidation sites excluding steroid dienone is 1. The number of anilines is 2. The first-order valence-corrected chi connectivity index (χ1v) is 8.99. The minimum Gasteiger partial charge on any atom is -0.361 e. The second kappa shape index (κ2) is 9.93. The lowest BCUT2D eigenvalue weighted by Gasteiger charge is -2.24. The van der Waals surface area contributed by atoms with Crippen molar-refractivity contribution in [3.63, 3.8) is 0 Å². The van der Waals surface area contributed by atoms with E-state index < -0.39 is 11.6 Å². The molecule has 1 amide bonds. The van der Waals surface area contributed by atoms with E-state index in [1.165, 1.54) is 30.3 Å². The Morgan fingerprint density at radius 2 is 2.10 bits per heavy atom. The van der Waals surface area contributed by atoms with Crippen molar-refractivity contribution in [1.82, 2.24) is 4.98 Å². The molecule has 0 radical (unpaired) electrons. The summed E-state index contributed by atoms with van der Waals surface area (Å²) in [7, 11) is 3.55. The Hall–Kier alpha value is -3.06. The van der Waals surface area contributed by atoms with E-state index in [9.17, 15) is 13.6 Å². The van der Waals surface area contributed by atoms with Crippen LogP contribution in [0.5, 0.6) is 0 Å². The van der Waals surface area contributed by atoms with E-state index in [2.05, 4.69) is 16.6 Å². The van der Waals surface area contributed by atoms with Gasteiger partial charge in [0.15, 0.2) is 5.82 Å². The quantitative estimate of drug-likeness (QED) is 0.446. The molecular formula is C21H21ClF2N4O. The van der Waals surface area contributed by atoms with Crippen molar-refractivity contribution in [1.29, 1.82) is 0 Å². The zero-order valence-electron chi connectivity index (χ0n) is 16.4. The number of amides is 1. The van der Waals surface area contributed by atoms with Crippen LogP contribution in [0.4, 0.5) is 20.3 Å². The fourth-order valence-electron chi connectivity index (χ4n) is 2.56. The maximum absolute atomic E-state index is 14.5. The summed E-state index contributed by atoms with van der Waals surface area (Å²) in [5.41, 5.74) is 1.66. The van der Waals surface area contributed by atoms with Crippen molar-refractivity contribution < 1.29 is 13.6 Å². The molecule has 1 aromatic heterocycles. The summed E-state index contributed by atoms with van der Waals surface area (Å²) >= 11 is 5.89. The van der Waals surface area contributed by atoms with E-state index in [1.54, 1.807) is 37.2 Å². The van der Waals surface area contributed by atoms with Crippen molar-refractivity contribution in [2.45, 2.75) is 6.92 Å². The third kappa shape index (κ3) is 5.71. The van der Waals surface area contributed by atoms with E-state index in [4.69, 9.17) is 11.6 Å². The highest BCUT2D eigenvalue weighted by Gasteiger charge is 2.18. The Bertz CT molecular complexity index is 969. The maximum atomic E-state index is 14.5. The standard InChI is InChI=1S/C21H21ClF2N4O/c1-14(9-25-10-15(2)23)12-28(13-29)19-8-16(11-26-21(19)27(3)4)17-6-5-7-18(22)20(17)24/h5-11,13H,1,12H2,2-4H3/b15-10+,25-9-. The van der Waals surface area contributed by atoms with Crippen LogP contribution >= 0.6 is 11.6 Å². The van der Waals surface area contributed by atoms with Gasteiger partial charge in [-0.15, -0.1) is 0 Å². The lowest BCUT2D eigenvalue weighted by molar-refractivity contribution is -0.107. The van der Waals surface area contributed by atoms with Gasteiger partial charge >= 0.3 is 0 Å². The van der Waals surface area contributed by atoms with Crippen molar-refractivity contribution in [3.05, 3.63) is 65.5 Å². The Balaban J connectivity index is 2.46. The third-order valence-corrected chi connectivity index (χ3v) is 4.14. The average molecular weight is 419 g/mol. The van der Waals surface area contributed by atoms with Crippen LogP contribution in [-0.2, 0) is 4.79 Å². The van der Waals surface area contributed by atoms with Gasteiger partial charge in [0.2, 0.25) is 6.41 Å². The molecule has 1 aromatic carbocycles. The average Bonchev–Trinajstić information content (AvgIpc) is 2.67. The minimum absolute atomic E-state index is 0.00576. The zero-order valence-corrected chi connectivity index (χ0v) is 17.1. The summed E-state index contributed by atoms with van der Waals surface area (Å²) in [5.74, 6) is -0.508. The van der Waals surface area contributed by atoms with Crippen LogP contribution in [0.1, 0.15) is 6.92 Å². The number of benzene rings is 1. The number of pyridine rings is 1. The van der Waals surface area contributed by atoms with E-state index in [0.717, 1.165) is 6.20 Å². The maximum Gasteiger partial charge on any atom is 0.214 e. The normalized spacial score (nSPS) is 11.6. The number of carbonyl (C=O) groups is 1. The molecule has 0 aliphatic carbocycles. The molecule has 0 saturated carbocycles. The number of nitrogens with zero attached hydrogens (tertiary/aromatic N) is 4. The van der Waals surface area contributed by atoms with Crippen LogP contribution in [-0.4, -0.2) is 38.2 Å². The zero-order chi connectivity index (χ0) is 21.6. The molecule has 0 fully saturated rings. The van der Waals surface area contributed by atoms with Crippen LogP contribution in [0.2, 0.25) is 5.02 Å². The molecule has 1 heterocycles. The Labute approximate surface area is 173 Å². The predicted octanol–water partition coefficient (Wildman–Crippen LogP) is 5.03. The van der Waals surface area contributed by atoms with Crippen LogP contribution in [0.15, 0.2) is 59.6 Å². The number of hydrogen-bond acceptors (Lipinski definition) is 4. The summed E-state index contributed by atoms with van der Waals surface area (Å²) in [4.78, 5) is 23.1. The smallest absolute Gasteiger partial charge is 0.214 e. The number of aromatic nitrogens is 1. The molecule has 2 aromatic rings. The molecule has 0 saturated heterocycles. The van der Waals surface area contributed by atoms with E-state index in [0.29, 0.717) is 29.1 Å². The number of halogens is 3. The Kier molecular flexibility index (Phi) is 7.61. The number of hydrogen-bond donors (Lipinski definition) is 0. The van der Waals surface area contributed by atoms with Gasteiger partial charge in [-0.1, -0.05) is 30.3 Å². The highest BCUT2D eigenvalue weighted by Crippen LogP contribution is 2.33. The molecule has 29 heavy (non-hydrogen) atoms. The second-order valence-corrected chi connectivity index (χ2v) is 6.86. The molecule has 0 bridgehead atoms. The van der Waals surface area contributed by atoms with Gasteiger partial charge in [-0.3, -0.25) is 9.79 Å². The monoisotopic (exact) mass is 418 g/mol. The predicted molar refractivity (Wildman–Crippen MR) is 115 cm³/mol. The van der Waals surface area contributed by atoms with Gasteiger partial charge in [-0.2, -0.15) is 0 Å². The van der Waals surface area contributed by atoms with Crippen LogP contribution in [0.25, 0.3) is 11.1 Å². The number of carbonyl (C=O) groups excluding carboxylic acids is 1. The van der Waals surface area contributed by atoms with E-state index in [-0.39, 0.29) is 17.1 Å². The SMILES string of the molecule is C=C(/C=N\C=C(/C)F)CN(C=O)c1cc(-c2cccc(Cl)c2F)cnc1N(C)C. The summed E-state index contributed by atoms with van der Waals surface area (Å²) in [6.45, 7) is 5.20. The van der Waals surface area contributed by atoms with Crippen LogP contribution in [0.3, 0.4) is 0 Å². The van der Waals surface area contributed by atoms with Crippen molar-refractivity contribution in [2.24, 2.45) is 4.99 Å². The van der Waals surface area contributed by atoms with Crippen molar-refractivity contribution in [2.75, 3.05) is 30.4 Å². The Morgan fingerprint density at radius 1 is 1.38 bits per heavy atom. The lowest BCUT2D eigenvalue weighted by atomic mass is 10.1. The largest absolute Gasteiger partial charge is 0.361 e. The Morgan fingerprint density at radius 3 is 2.72 bits per heavy atom. The van der Waals surface area contributed by atoms with Gasteiger partial charge in [0.05, 0.1) is 23.5 Å². The van der Waals surface area contributed by atoms with Crippen LogP contribution in [0, 0.1) is 5.82 Å². The fraction of sp³-hybridized carbons (Fsp3) is 0.190. The van der Waals surface area contributed by atoms with Crippen LogP contribution < -0.4 is 9.80 Å². The van der Waals surface area contributed by atoms with Gasteiger partial charge in [0, 0.05) is 37.6 Å². The molecule has 152 valence electrons. The van der Waals surface area contributed by atoms with E-state index in [1.807, 2.05) is 0 Å². The lowest BCUT2D eigenvalue weighted by Crippen LogP contribution is -2.27. The molecule has 0 aliphatic rings. The number of aliphatic imine (C=N–C) groups is 1. The summed E-state index contributed by atoms with van der Waals surface area (Å²) in [6.07, 6.45) is 4.55. The fourth-order valence-corrected chi connectivity index (χ4v) is 2.73. The molecule has 0 unspecified atom stereocenters. The molecule has 5 nitrogen and oxygen atoms in total. The van der Waals surface area contributed by atoms with Crippen molar-refractivity contribution in [3.8, 4) is 11.1 Å². The molecule has 0 spiro atoms. The molecule has 0 N–H and O–H groups in total. The first-order chi connectivity index (χ1) is 13.7. The summed E-state index contributed by atoms with van der Waals surface area (Å²) in [5, 5.41) is -0.00576. The molecule has 0 atom stereocenters. The summed E-state index contributed by atoms with van der Waals surface area (Å²) < 4.78 is 27.2. The second-order valence-electron chi connectivity index (χ2n) is 6.45. The van der Waals surface area contributed by atoms with Crippen molar-refractivity contribution >= 4 is 35.7 Å². The van der Waals surface area contributed by atoms with Gasteiger partial charge in [-0.25, -0.2) is 13.8 Å². The first kappa shape index (κ1) is 22.2. The minimum atomic E-state index is -0.568. The topological polar surface area (TPSA) is 48.8 Å². The van der Waals surface area contributed by atoms with Gasteiger partial charge in [-0.05, 0) is 24.6 Å². The first-order valence-electron chi connectivity index (χ1n) is 8.61.